The molecule has 0 radical (unpaired) electrons. The van der Waals surface area contributed by atoms with Crippen LogP contribution in [0.1, 0.15) is 48.2 Å². The molecule has 0 aliphatic heterocycles. The van der Waals surface area contributed by atoms with Crippen LogP contribution in [0.15, 0.2) is 12.3 Å². The van der Waals surface area contributed by atoms with Crippen molar-refractivity contribution in [3.63, 3.8) is 0 Å². The SMILES string of the molecule is Cc1nn(C)c2ncc(C(=O)N[C@H]3CCCCC[C@H]3C(=O)O)cc12. The van der Waals surface area contributed by atoms with Crippen molar-refractivity contribution in [3.05, 3.63) is 23.5 Å². The Morgan fingerprint density at radius 2 is 2.04 bits per heavy atom. The van der Waals surface area contributed by atoms with Crippen molar-refractivity contribution >= 4 is 22.9 Å². The first-order valence-corrected chi connectivity index (χ1v) is 8.30. The first-order chi connectivity index (χ1) is 11.5. The average molecular weight is 330 g/mol. The standard InChI is InChI=1S/C17H22N4O3/c1-10-13-8-11(9-18-15(13)21(2)20-10)16(22)19-14-7-5-3-4-6-12(14)17(23)24/h8-9,12,14H,3-7H2,1-2H3,(H,19,22)(H,23,24)/t12-,14+/m1/s1. The van der Waals surface area contributed by atoms with E-state index in [0.29, 0.717) is 18.4 Å². The molecule has 0 bridgehead atoms. The maximum Gasteiger partial charge on any atom is 0.308 e. The number of nitrogens with one attached hydrogen (secondary N) is 1. The van der Waals surface area contributed by atoms with E-state index in [0.717, 1.165) is 36.0 Å². The molecule has 0 saturated heterocycles. The number of carbonyl (C=O) groups excluding carboxylic acids is 1. The third-order valence-electron chi connectivity index (χ3n) is 4.77. The third-order valence-corrected chi connectivity index (χ3v) is 4.77. The molecule has 2 aromatic rings. The number of hydrogen-bond acceptors (Lipinski definition) is 4. The second-order valence-electron chi connectivity index (χ2n) is 6.47. The van der Waals surface area contributed by atoms with Gasteiger partial charge in [0.15, 0.2) is 5.65 Å². The third kappa shape index (κ3) is 3.11. The predicted octanol–water partition coefficient (Wildman–Crippen LogP) is 2.04. The van der Waals surface area contributed by atoms with E-state index >= 15 is 0 Å². The number of carboxylic acids is 1. The Balaban J connectivity index is 1.83. The van der Waals surface area contributed by atoms with Crippen molar-refractivity contribution in [3.8, 4) is 0 Å². The second-order valence-corrected chi connectivity index (χ2v) is 6.47. The minimum atomic E-state index is -0.834. The van der Waals surface area contributed by atoms with Gasteiger partial charge in [-0.25, -0.2) is 4.98 Å². The monoisotopic (exact) mass is 330 g/mol. The Bertz CT molecular complexity index is 783. The normalized spacial score (nSPS) is 21.4. The molecule has 7 heteroatoms. The molecule has 1 aliphatic rings. The highest BCUT2D eigenvalue weighted by Gasteiger charge is 2.31. The van der Waals surface area contributed by atoms with E-state index in [1.165, 1.54) is 6.20 Å². The van der Waals surface area contributed by atoms with Crippen LogP contribution in [0.3, 0.4) is 0 Å². The van der Waals surface area contributed by atoms with Crippen molar-refractivity contribution in [2.24, 2.45) is 13.0 Å². The lowest BCUT2D eigenvalue weighted by atomic mass is 9.94. The van der Waals surface area contributed by atoms with Crippen molar-refractivity contribution in [2.75, 3.05) is 0 Å². The summed E-state index contributed by atoms with van der Waals surface area (Å²) in [5.41, 5.74) is 1.97. The maximum atomic E-state index is 12.6. The molecule has 0 unspecified atom stereocenters. The van der Waals surface area contributed by atoms with Gasteiger partial charge in [-0.3, -0.25) is 14.3 Å². The van der Waals surface area contributed by atoms with Crippen LogP contribution in [0.25, 0.3) is 11.0 Å². The van der Waals surface area contributed by atoms with Gasteiger partial charge in [-0.2, -0.15) is 5.10 Å². The molecule has 2 N–H and O–H groups in total. The van der Waals surface area contributed by atoms with Crippen LogP contribution in [0.5, 0.6) is 0 Å². The van der Waals surface area contributed by atoms with Gasteiger partial charge in [0.05, 0.1) is 17.2 Å². The van der Waals surface area contributed by atoms with E-state index < -0.39 is 11.9 Å². The summed E-state index contributed by atoms with van der Waals surface area (Å²) in [6, 6.07) is 1.44. The van der Waals surface area contributed by atoms with E-state index in [4.69, 9.17) is 0 Å². The van der Waals surface area contributed by atoms with Gasteiger partial charge >= 0.3 is 5.97 Å². The van der Waals surface area contributed by atoms with Gasteiger partial charge < -0.3 is 10.4 Å². The van der Waals surface area contributed by atoms with Crippen LogP contribution in [0, 0.1) is 12.8 Å². The number of aliphatic carboxylic acids is 1. The van der Waals surface area contributed by atoms with Gasteiger partial charge in [-0.05, 0) is 25.8 Å². The minimum Gasteiger partial charge on any atom is -0.481 e. The Kier molecular flexibility index (Phi) is 4.51. The van der Waals surface area contributed by atoms with E-state index in [9.17, 15) is 14.7 Å². The Labute approximate surface area is 140 Å². The number of aromatic nitrogens is 3. The summed E-state index contributed by atoms with van der Waals surface area (Å²) in [6.07, 6.45) is 5.67. The van der Waals surface area contributed by atoms with Gasteiger partial charge in [0.2, 0.25) is 0 Å². The first-order valence-electron chi connectivity index (χ1n) is 8.30. The predicted molar refractivity (Wildman–Crippen MR) is 88.7 cm³/mol. The first kappa shape index (κ1) is 16.4. The molecule has 7 nitrogen and oxygen atoms in total. The topological polar surface area (TPSA) is 97.1 Å². The minimum absolute atomic E-state index is 0.272. The number of hydrogen-bond donors (Lipinski definition) is 2. The summed E-state index contributed by atoms with van der Waals surface area (Å²) >= 11 is 0. The largest absolute Gasteiger partial charge is 0.481 e. The fourth-order valence-corrected chi connectivity index (χ4v) is 3.46. The summed E-state index contributed by atoms with van der Waals surface area (Å²) in [5.74, 6) is -1.63. The van der Waals surface area contributed by atoms with Crippen LogP contribution >= 0.6 is 0 Å². The van der Waals surface area contributed by atoms with Crippen molar-refractivity contribution in [1.82, 2.24) is 20.1 Å². The highest BCUT2D eigenvalue weighted by atomic mass is 16.4. The molecule has 3 rings (SSSR count). The number of fused-ring (bicyclic) bond motifs is 1. The van der Waals surface area contributed by atoms with Gasteiger partial charge in [-0.1, -0.05) is 19.3 Å². The number of aryl methyl sites for hydroxylation is 2. The molecule has 24 heavy (non-hydrogen) atoms. The fourth-order valence-electron chi connectivity index (χ4n) is 3.46. The quantitative estimate of drug-likeness (QED) is 0.839. The van der Waals surface area contributed by atoms with Crippen LogP contribution in [-0.4, -0.2) is 37.8 Å². The summed E-state index contributed by atoms with van der Waals surface area (Å²) in [6.45, 7) is 1.87. The zero-order valence-corrected chi connectivity index (χ0v) is 14.0. The molecular weight excluding hydrogens is 308 g/mol. The number of nitrogens with zero attached hydrogens (tertiary/aromatic N) is 3. The summed E-state index contributed by atoms with van der Waals surface area (Å²) in [7, 11) is 1.81. The van der Waals surface area contributed by atoms with Crippen LogP contribution in [0.4, 0.5) is 0 Å². The van der Waals surface area contributed by atoms with Gasteiger partial charge in [0.25, 0.3) is 5.91 Å². The zero-order valence-electron chi connectivity index (χ0n) is 14.0. The number of rotatable bonds is 3. The van der Waals surface area contributed by atoms with Crippen LogP contribution in [-0.2, 0) is 11.8 Å². The maximum absolute atomic E-state index is 12.6. The Morgan fingerprint density at radius 1 is 1.29 bits per heavy atom. The molecule has 1 saturated carbocycles. The zero-order chi connectivity index (χ0) is 17.3. The van der Waals surface area contributed by atoms with E-state index in [1.54, 1.807) is 10.7 Å². The smallest absolute Gasteiger partial charge is 0.308 e. The lowest BCUT2D eigenvalue weighted by molar-refractivity contribution is -0.142. The summed E-state index contributed by atoms with van der Waals surface area (Å²) in [4.78, 5) is 28.4. The Morgan fingerprint density at radius 3 is 2.79 bits per heavy atom. The fraction of sp³-hybridized carbons (Fsp3) is 0.529. The lowest BCUT2D eigenvalue weighted by Crippen LogP contribution is -2.42. The molecule has 128 valence electrons. The molecule has 1 amide bonds. The lowest BCUT2D eigenvalue weighted by Gasteiger charge is -2.22. The second kappa shape index (κ2) is 6.59. The molecular formula is C17H22N4O3. The summed E-state index contributed by atoms with van der Waals surface area (Å²) in [5, 5.41) is 17.5. The molecule has 2 heterocycles. The molecule has 1 fully saturated rings. The number of carbonyl (C=O) groups is 2. The molecule has 2 aromatic heterocycles. The Hall–Kier alpha value is -2.44. The molecule has 0 spiro atoms. The molecule has 2 atom stereocenters. The molecule has 0 aromatic carbocycles. The number of amides is 1. The van der Waals surface area contributed by atoms with Gasteiger partial charge in [0.1, 0.15) is 0 Å². The number of pyridine rings is 1. The van der Waals surface area contributed by atoms with E-state index in [-0.39, 0.29) is 11.9 Å². The summed E-state index contributed by atoms with van der Waals surface area (Å²) < 4.78 is 1.68. The number of carboxylic acid groups (broad SMARTS) is 1. The van der Waals surface area contributed by atoms with Crippen LogP contribution < -0.4 is 5.32 Å². The van der Waals surface area contributed by atoms with Crippen molar-refractivity contribution in [2.45, 2.75) is 45.1 Å². The van der Waals surface area contributed by atoms with Gasteiger partial charge in [0, 0.05) is 24.7 Å². The molecule has 1 aliphatic carbocycles. The van der Waals surface area contributed by atoms with Gasteiger partial charge in [-0.15, -0.1) is 0 Å². The van der Waals surface area contributed by atoms with E-state index in [2.05, 4.69) is 15.4 Å². The van der Waals surface area contributed by atoms with E-state index in [1.807, 2.05) is 14.0 Å². The highest BCUT2D eigenvalue weighted by Crippen LogP contribution is 2.24. The van der Waals surface area contributed by atoms with Crippen LogP contribution in [0.2, 0.25) is 0 Å². The van der Waals surface area contributed by atoms with Crippen molar-refractivity contribution < 1.29 is 14.7 Å². The van der Waals surface area contributed by atoms with Crippen molar-refractivity contribution in [1.29, 1.82) is 0 Å². The average Bonchev–Trinajstić information content (AvgIpc) is 2.72. The highest BCUT2D eigenvalue weighted by molar-refractivity contribution is 5.97.